The van der Waals surface area contributed by atoms with Crippen LogP contribution in [0.1, 0.15) is 29.4 Å². The maximum Gasteiger partial charge on any atom is 0.272 e. The molecular weight excluding hydrogens is 347 g/mol. The normalized spacial score (nSPS) is 14.3. The Hall–Kier alpha value is -1.33. The molecule has 0 saturated heterocycles. The van der Waals surface area contributed by atoms with Crippen LogP contribution in [0.2, 0.25) is 5.02 Å². The van der Waals surface area contributed by atoms with Crippen LogP contribution in [-0.2, 0) is 0 Å². The molecule has 2 aromatic rings. The second-order valence-electron chi connectivity index (χ2n) is 4.73. The summed E-state index contributed by atoms with van der Waals surface area (Å²) in [6.07, 6.45) is 3.99. The zero-order valence-corrected chi connectivity index (χ0v) is 12.7. The highest BCUT2D eigenvalue weighted by atomic mass is 79.9. The first kappa shape index (κ1) is 13.6. The summed E-state index contributed by atoms with van der Waals surface area (Å²) in [5.74, 6) is -0.913. The minimum Gasteiger partial charge on any atom is -0.339 e. The van der Waals surface area contributed by atoms with E-state index < -0.39 is 5.82 Å². The molecule has 0 aliphatic heterocycles. The summed E-state index contributed by atoms with van der Waals surface area (Å²) >= 11 is 9.27. The fraction of sp³-hybridized carbons (Fsp3) is 0.214. The van der Waals surface area contributed by atoms with Gasteiger partial charge >= 0.3 is 0 Å². The third kappa shape index (κ3) is 2.60. The molecular formula is C14H11BrClFN2O. The maximum atomic E-state index is 13.7. The van der Waals surface area contributed by atoms with E-state index in [1.165, 1.54) is 18.2 Å². The molecule has 3 nitrogen and oxygen atoms in total. The van der Waals surface area contributed by atoms with Gasteiger partial charge in [-0.05, 0) is 47.0 Å². The lowest BCUT2D eigenvalue weighted by molar-refractivity contribution is 0.101. The maximum absolute atomic E-state index is 13.7. The highest BCUT2D eigenvalue weighted by Gasteiger charge is 2.28. The van der Waals surface area contributed by atoms with Crippen LogP contribution in [0.25, 0.3) is 0 Å². The lowest BCUT2D eigenvalue weighted by Gasteiger charge is -2.10. The lowest BCUT2D eigenvalue weighted by atomic mass is 10.3. The van der Waals surface area contributed by atoms with Crippen LogP contribution >= 0.6 is 27.5 Å². The van der Waals surface area contributed by atoms with Gasteiger partial charge in [0.1, 0.15) is 11.5 Å². The van der Waals surface area contributed by atoms with Crippen LogP contribution in [0.5, 0.6) is 0 Å². The zero-order chi connectivity index (χ0) is 14.3. The van der Waals surface area contributed by atoms with E-state index in [2.05, 4.69) is 21.2 Å². The highest BCUT2D eigenvalue weighted by Crippen LogP contribution is 2.37. The van der Waals surface area contributed by atoms with E-state index in [9.17, 15) is 9.18 Å². The van der Waals surface area contributed by atoms with Gasteiger partial charge in [-0.2, -0.15) is 0 Å². The van der Waals surface area contributed by atoms with Crippen molar-refractivity contribution in [1.29, 1.82) is 0 Å². The first-order valence-electron chi connectivity index (χ1n) is 6.19. The van der Waals surface area contributed by atoms with Crippen LogP contribution in [0.3, 0.4) is 0 Å². The molecule has 20 heavy (non-hydrogen) atoms. The third-order valence-corrected chi connectivity index (χ3v) is 3.94. The van der Waals surface area contributed by atoms with Crippen LogP contribution in [-0.4, -0.2) is 10.5 Å². The van der Waals surface area contributed by atoms with Gasteiger partial charge in [0.2, 0.25) is 0 Å². The monoisotopic (exact) mass is 356 g/mol. The van der Waals surface area contributed by atoms with E-state index >= 15 is 0 Å². The predicted molar refractivity (Wildman–Crippen MR) is 79.8 cm³/mol. The molecule has 0 bridgehead atoms. The molecule has 0 radical (unpaired) electrons. The molecule has 6 heteroatoms. The Morgan fingerprint density at radius 3 is 2.85 bits per heavy atom. The molecule has 0 atom stereocenters. The van der Waals surface area contributed by atoms with Crippen molar-refractivity contribution in [3.8, 4) is 0 Å². The van der Waals surface area contributed by atoms with Crippen molar-refractivity contribution in [2.45, 2.75) is 18.9 Å². The zero-order valence-electron chi connectivity index (χ0n) is 10.4. The molecule has 3 rings (SSSR count). The van der Waals surface area contributed by atoms with Crippen molar-refractivity contribution in [2.24, 2.45) is 0 Å². The lowest BCUT2D eigenvalue weighted by Crippen LogP contribution is -2.17. The summed E-state index contributed by atoms with van der Waals surface area (Å²) in [4.78, 5) is 12.3. The number of amides is 1. The summed E-state index contributed by atoms with van der Waals surface area (Å²) in [6.45, 7) is 0. The van der Waals surface area contributed by atoms with Crippen LogP contribution in [0, 0.1) is 5.82 Å². The fourth-order valence-electron chi connectivity index (χ4n) is 2.08. The van der Waals surface area contributed by atoms with Crippen molar-refractivity contribution < 1.29 is 9.18 Å². The number of para-hydroxylation sites is 1. The number of carbonyl (C=O) groups excluding carboxylic acids is 1. The second kappa shape index (κ2) is 5.22. The molecule has 1 fully saturated rings. The van der Waals surface area contributed by atoms with Crippen LogP contribution in [0.15, 0.2) is 34.9 Å². The fourth-order valence-corrected chi connectivity index (χ4v) is 2.72. The number of hydrogen-bond donors (Lipinski definition) is 1. The van der Waals surface area contributed by atoms with Gasteiger partial charge < -0.3 is 9.88 Å². The molecule has 1 aliphatic rings. The van der Waals surface area contributed by atoms with Gasteiger partial charge in [-0.3, -0.25) is 4.79 Å². The Morgan fingerprint density at radius 2 is 2.20 bits per heavy atom. The average Bonchev–Trinajstić information content (AvgIpc) is 3.17. The van der Waals surface area contributed by atoms with E-state index in [0.717, 1.165) is 17.3 Å². The first-order valence-corrected chi connectivity index (χ1v) is 7.36. The Morgan fingerprint density at radius 1 is 1.45 bits per heavy atom. The van der Waals surface area contributed by atoms with Crippen LogP contribution < -0.4 is 5.32 Å². The van der Waals surface area contributed by atoms with Gasteiger partial charge in [-0.25, -0.2) is 4.39 Å². The number of benzene rings is 1. The van der Waals surface area contributed by atoms with E-state index in [1.54, 1.807) is 6.07 Å². The molecule has 1 aliphatic carbocycles. The number of anilines is 1. The van der Waals surface area contributed by atoms with Crippen molar-refractivity contribution in [1.82, 2.24) is 4.57 Å². The molecule has 104 valence electrons. The summed E-state index contributed by atoms with van der Waals surface area (Å²) in [7, 11) is 0. The van der Waals surface area contributed by atoms with Crippen molar-refractivity contribution in [3.05, 3.63) is 51.5 Å². The first-order chi connectivity index (χ1) is 9.56. The smallest absolute Gasteiger partial charge is 0.272 e. The minimum absolute atomic E-state index is 0.0128. The Balaban J connectivity index is 1.90. The predicted octanol–water partition coefficient (Wildman–Crippen LogP) is 4.63. The Bertz CT molecular complexity index is 662. The number of halogens is 3. The average molecular weight is 358 g/mol. The number of rotatable bonds is 3. The van der Waals surface area contributed by atoms with Crippen LogP contribution in [0.4, 0.5) is 10.1 Å². The molecule has 0 spiro atoms. The summed E-state index contributed by atoms with van der Waals surface area (Å²) < 4.78 is 16.4. The Kier molecular flexibility index (Phi) is 3.56. The minimum atomic E-state index is -0.547. The number of nitrogens with one attached hydrogen (secondary N) is 1. The van der Waals surface area contributed by atoms with Crippen molar-refractivity contribution in [3.63, 3.8) is 0 Å². The van der Waals surface area contributed by atoms with Crippen molar-refractivity contribution in [2.75, 3.05) is 5.32 Å². The van der Waals surface area contributed by atoms with Gasteiger partial charge in [0.05, 0.1) is 10.7 Å². The standard InChI is InChI=1S/C14H11BrClFN2O/c15-8-6-12(19(7-8)9-4-5-9)14(20)18-13-10(16)2-1-3-11(13)17/h1-3,6-7,9H,4-5H2,(H,18,20). The third-order valence-electron chi connectivity index (χ3n) is 3.19. The second-order valence-corrected chi connectivity index (χ2v) is 6.06. The van der Waals surface area contributed by atoms with E-state index in [1.807, 2.05) is 10.8 Å². The topological polar surface area (TPSA) is 34.0 Å². The number of aromatic nitrogens is 1. The molecule has 1 N–H and O–H groups in total. The van der Waals surface area contributed by atoms with Gasteiger partial charge in [-0.15, -0.1) is 0 Å². The molecule has 1 amide bonds. The van der Waals surface area contributed by atoms with Gasteiger partial charge in [0, 0.05) is 16.7 Å². The number of carbonyl (C=O) groups is 1. The summed E-state index contributed by atoms with van der Waals surface area (Å²) in [5.41, 5.74) is 0.512. The summed E-state index contributed by atoms with van der Waals surface area (Å²) in [6, 6.07) is 6.38. The number of nitrogens with zero attached hydrogens (tertiary/aromatic N) is 1. The summed E-state index contributed by atoms with van der Waals surface area (Å²) in [5, 5.41) is 2.73. The molecule has 1 saturated carbocycles. The van der Waals surface area contributed by atoms with E-state index in [-0.39, 0.29) is 16.6 Å². The Labute approximate surface area is 128 Å². The van der Waals surface area contributed by atoms with Gasteiger partial charge in [0.15, 0.2) is 0 Å². The number of hydrogen-bond acceptors (Lipinski definition) is 1. The largest absolute Gasteiger partial charge is 0.339 e. The van der Waals surface area contributed by atoms with Gasteiger partial charge in [0.25, 0.3) is 5.91 Å². The molecule has 1 aromatic heterocycles. The van der Waals surface area contributed by atoms with E-state index in [4.69, 9.17) is 11.6 Å². The van der Waals surface area contributed by atoms with E-state index in [0.29, 0.717) is 11.7 Å². The molecule has 0 unspecified atom stereocenters. The highest BCUT2D eigenvalue weighted by molar-refractivity contribution is 9.10. The molecule has 1 heterocycles. The van der Waals surface area contributed by atoms with Gasteiger partial charge in [-0.1, -0.05) is 17.7 Å². The van der Waals surface area contributed by atoms with Crippen molar-refractivity contribution >= 4 is 39.1 Å². The SMILES string of the molecule is O=C(Nc1c(F)cccc1Cl)c1cc(Br)cn1C1CC1. The molecule has 1 aromatic carbocycles. The quantitative estimate of drug-likeness (QED) is 0.854.